The fraction of sp³-hybridized carbons (Fsp3) is 0.450. The van der Waals surface area contributed by atoms with Gasteiger partial charge in [-0.2, -0.15) is 5.10 Å². The molecule has 0 unspecified atom stereocenters. The summed E-state index contributed by atoms with van der Waals surface area (Å²) in [6.07, 6.45) is 5.32. The molecule has 1 aliphatic carbocycles. The van der Waals surface area contributed by atoms with Crippen molar-refractivity contribution in [3.63, 3.8) is 0 Å². The number of nitrogens with zero attached hydrogens (tertiary/aromatic N) is 2. The zero-order chi connectivity index (χ0) is 16.8. The fourth-order valence-electron chi connectivity index (χ4n) is 3.49. The largest absolute Gasteiger partial charge is 0.324 e. The first-order valence-corrected chi connectivity index (χ1v) is 8.38. The zero-order valence-electron chi connectivity index (χ0n) is 14.8. The monoisotopic (exact) mass is 309 g/mol. The van der Waals surface area contributed by atoms with Crippen LogP contribution < -0.4 is 5.73 Å². The molecular weight excluding hydrogens is 282 g/mol. The Morgan fingerprint density at radius 1 is 1.09 bits per heavy atom. The van der Waals surface area contributed by atoms with Crippen LogP contribution in [-0.4, -0.2) is 15.8 Å². The van der Waals surface area contributed by atoms with E-state index in [4.69, 9.17) is 10.8 Å². The minimum Gasteiger partial charge on any atom is -0.324 e. The summed E-state index contributed by atoms with van der Waals surface area (Å²) in [7, 11) is 0. The molecule has 3 nitrogen and oxygen atoms in total. The molecule has 1 aromatic heterocycles. The van der Waals surface area contributed by atoms with Gasteiger partial charge in [0, 0.05) is 23.2 Å². The van der Waals surface area contributed by atoms with E-state index in [-0.39, 0.29) is 11.5 Å². The Morgan fingerprint density at radius 2 is 1.74 bits per heavy atom. The van der Waals surface area contributed by atoms with E-state index in [9.17, 15) is 0 Å². The molecule has 0 radical (unpaired) electrons. The highest BCUT2D eigenvalue weighted by Gasteiger charge is 2.24. The van der Waals surface area contributed by atoms with Crippen LogP contribution in [0.15, 0.2) is 36.4 Å². The average Bonchev–Trinajstić information content (AvgIpc) is 3.02. The van der Waals surface area contributed by atoms with Crippen LogP contribution in [0.5, 0.6) is 0 Å². The second kappa shape index (κ2) is 5.64. The number of aromatic nitrogens is 2. The van der Waals surface area contributed by atoms with Crippen LogP contribution in [0, 0.1) is 13.8 Å². The quantitative estimate of drug-likeness (QED) is 0.847. The fourth-order valence-corrected chi connectivity index (χ4v) is 3.49. The number of aryl methyl sites for hydroxylation is 1. The second-order valence-corrected chi connectivity index (χ2v) is 7.68. The van der Waals surface area contributed by atoms with Crippen molar-refractivity contribution in [3.05, 3.63) is 58.9 Å². The maximum absolute atomic E-state index is 6.02. The molecule has 2 aromatic rings. The van der Waals surface area contributed by atoms with Crippen LogP contribution in [0.4, 0.5) is 0 Å². The van der Waals surface area contributed by atoms with Crippen LogP contribution in [-0.2, 0) is 5.41 Å². The first-order valence-electron chi connectivity index (χ1n) is 8.38. The Bertz CT molecular complexity index is 729. The number of nitrogens with two attached hydrogens (primary N) is 1. The van der Waals surface area contributed by atoms with Gasteiger partial charge >= 0.3 is 0 Å². The van der Waals surface area contributed by atoms with Crippen molar-refractivity contribution in [3.8, 4) is 5.69 Å². The molecule has 1 aromatic carbocycles. The Hall–Kier alpha value is -1.87. The number of hydrogen-bond acceptors (Lipinski definition) is 2. The minimum atomic E-state index is 0.170. The lowest BCUT2D eigenvalue weighted by molar-refractivity contribution is 0.590. The Labute approximate surface area is 139 Å². The smallest absolute Gasteiger partial charge is 0.0649 e. The summed E-state index contributed by atoms with van der Waals surface area (Å²) >= 11 is 0. The van der Waals surface area contributed by atoms with E-state index in [1.54, 1.807) is 0 Å². The van der Waals surface area contributed by atoms with Crippen LogP contribution in [0.25, 0.3) is 5.69 Å². The zero-order valence-corrected chi connectivity index (χ0v) is 14.8. The van der Waals surface area contributed by atoms with Crippen molar-refractivity contribution in [1.29, 1.82) is 0 Å². The topological polar surface area (TPSA) is 43.8 Å². The molecule has 23 heavy (non-hydrogen) atoms. The lowest BCUT2D eigenvalue weighted by Crippen LogP contribution is -2.14. The number of benzene rings is 1. The molecule has 0 saturated heterocycles. The first kappa shape index (κ1) is 16.0. The molecule has 3 rings (SSSR count). The van der Waals surface area contributed by atoms with Crippen molar-refractivity contribution in [2.75, 3.05) is 0 Å². The molecule has 0 spiro atoms. The van der Waals surface area contributed by atoms with E-state index in [0.29, 0.717) is 5.92 Å². The van der Waals surface area contributed by atoms with Crippen LogP contribution in [0.1, 0.15) is 55.6 Å². The van der Waals surface area contributed by atoms with E-state index in [2.05, 4.69) is 75.7 Å². The molecule has 2 N–H and O–H groups in total. The van der Waals surface area contributed by atoms with Gasteiger partial charge in [0.2, 0.25) is 0 Å². The highest BCUT2D eigenvalue weighted by molar-refractivity contribution is 5.42. The summed E-state index contributed by atoms with van der Waals surface area (Å²) in [5.41, 5.74) is 12.3. The van der Waals surface area contributed by atoms with Gasteiger partial charge in [0.1, 0.15) is 0 Å². The number of hydrogen-bond donors (Lipinski definition) is 1. The van der Waals surface area contributed by atoms with Crippen molar-refractivity contribution >= 4 is 0 Å². The first-order chi connectivity index (χ1) is 10.8. The SMILES string of the molecule is Cc1nn(-c2ccc(C(C)(C)C)cc2)c(C)c1[C@H]1C=C[C@@H](N)C1. The highest BCUT2D eigenvalue weighted by atomic mass is 15.3. The Kier molecular flexibility index (Phi) is 3.93. The summed E-state index contributed by atoms with van der Waals surface area (Å²) in [5.74, 6) is 0.396. The Morgan fingerprint density at radius 3 is 2.26 bits per heavy atom. The molecule has 2 atom stereocenters. The van der Waals surface area contributed by atoms with Crippen molar-refractivity contribution in [1.82, 2.24) is 9.78 Å². The van der Waals surface area contributed by atoms with Gasteiger partial charge in [-0.05, 0) is 43.4 Å². The molecule has 0 aliphatic heterocycles. The van der Waals surface area contributed by atoms with Gasteiger partial charge in [0.15, 0.2) is 0 Å². The van der Waals surface area contributed by atoms with Crippen LogP contribution in [0.2, 0.25) is 0 Å². The van der Waals surface area contributed by atoms with Gasteiger partial charge in [-0.25, -0.2) is 4.68 Å². The van der Waals surface area contributed by atoms with Crippen LogP contribution in [0.3, 0.4) is 0 Å². The number of rotatable bonds is 2. The normalized spacial score (nSPS) is 21.1. The van der Waals surface area contributed by atoms with Gasteiger partial charge in [0.05, 0.1) is 11.4 Å². The van der Waals surface area contributed by atoms with Gasteiger partial charge in [0.25, 0.3) is 0 Å². The average molecular weight is 309 g/mol. The maximum atomic E-state index is 6.02. The summed E-state index contributed by atoms with van der Waals surface area (Å²) < 4.78 is 2.06. The van der Waals surface area contributed by atoms with Crippen molar-refractivity contribution < 1.29 is 0 Å². The molecule has 0 bridgehead atoms. The number of allylic oxidation sites excluding steroid dienone is 1. The van der Waals surface area contributed by atoms with E-state index in [0.717, 1.165) is 17.8 Å². The molecule has 122 valence electrons. The third-order valence-corrected chi connectivity index (χ3v) is 4.81. The summed E-state index contributed by atoms with van der Waals surface area (Å²) in [4.78, 5) is 0. The lowest BCUT2D eigenvalue weighted by atomic mass is 9.87. The van der Waals surface area contributed by atoms with E-state index < -0.39 is 0 Å². The maximum Gasteiger partial charge on any atom is 0.0649 e. The van der Waals surface area contributed by atoms with Gasteiger partial charge < -0.3 is 5.73 Å². The molecule has 0 fully saturated rings. The van der Waals surface area contributed by atoms with Gasteiger partial charge in [-0.1, -0.05) is 45.1 Å². The third kappa shape index (κ3) is 2.98. The third-order valence-electron chi connectivity index (χ3n) is 4.81. The molecule has 1 heterocycles. The van der Waals surface area contributed by atoms with Crippen LogP contribution >= 0.6 is 0 Å². The Balaban J connectivity index is 1.97. The molecule has 0 amide bonds. The second-order valence-electron chi connectivity index (χ2n) is 7.68. The molecule has 0 saturated carbocycles. The summed E-state index contributed by atoms with van der Waals surface area (Å²) in [6.45, 7) is 11.0. The highest BCUT2D eigenvalue weighted by Crippen LogP contribution is 2.33. The van der Waals surface area contributed by atoms with E-state index in [1.165, 1.54) is 16.8 Å². The lowest BCUT2D eigenvalue weighted by Gasteiger charge is -2.19. The van der Waals surface area contributed by atoms with E-state index >= 15 is 0 Å². The van der Waals surface area contributed by atoms with Crippen molar-refractivity contribution in [2.24, 2.45) is 5.73 Å². The predicted octanol–water partition coefficient (Wildman–Crippen LogP) is 4.16. The van der Waals surface area contributed by atoms with E-state index in [1.807, 2.05) is 0 Å². The van der Waals surface area contributed by atoms with Crippen molar-refractivity contribution in [2.45, 2.75) is 58.4 Å². The van der Waals surface area contributed by atoms with Gasteiger partial charge in [-0.15, -0.1) is 0 Å². The summed E-state index contributed by atoms with van der Waals surface area (Å²) in [5, 5.41) is 4.78. The predicted molar refractivity (Wildman–Crippen MR) is 96.2 cm³/mol. The molecule has 3 heteroatoms. The summed E-state index contributed by atoms with van der Waals surface area (Å²) in [6, 6.07) is 8.92. The molecular formula is C20H27N3. The standard InChI is InChI=1S/C20H27N3/c1-13-19(15-6-9-17(21)12-15)14(2)23(22-13)18-10-7-16(8-11-18)20(3,4)5/h6-11,15,17H,12,21H2,1-5H3/t15-,17+/m0/s1. The molecule has 1 aliphatic rings. The minimum absolute atomic E-state index is 0.170. The van der Waals surface area contributed by atoms with Gasteiger partial charge in [-0.3, -0.25) is 0 Å².